The first-order valence-corrected chi connectivity index (χ1v) is 7.80. The van der Waals surface area contributed by atoms with Crippen LogP contribution in [0.1, 0.15) is 16.8 Å². The average molecular weight is 360 g/mol. The van der Waals surface area contributed by atoms with Gasteiger partial charge < -0.3 is 4.74 Å². The standard InChI is InChI=1S/C19H15F3N2O2/c1-13-10-17(25)18(23-24(13)16-8-3-2-4-9-16)26-12-14-6-5-7-15(11-14)19(20,21)22/h2-11H,12H2,1H3. The van der Waals surface area contributed by atoms with Crippen molar-refractivity contribution in [2.24, 2.45) is 0 Å². The zero-order valence-corrected chi connectivity index (χ0v) is 13.8. The summed E-state index contributed by atoms with van der Waals surface area (Å²) in [6, 6.07) is 15.3. The summed E-state index contributed by atoms with van der Waals surface area (Å²) in [6.45, 7) is 1.54. The molecule has 0 N–H and O–H groups in total. The van der Waals surface area contributed by atoms with Crippen molar-refractivity contribution >= 4 is 0 Å². The van der Waals surface area contributed by atoms with E-state index in [1.54, 1.807) is 11.6 Å². The summed E-state index contributed by atoms with van der Waals surface area (Å²) >= 11 is 0. The van der Waals surface area contributed by atoms with Crippen molar-refractivity contribution in [3.63, 3.8) is 0 Å². The van der Waals surface area contributed by atoms with Gasteiger partial charge in [-0.2, -0.15) is 13.2 Å². The molecule has 0 aliphatic rings. The molecule has 2 aromatic carbocycles. The molecule has 0 saturated carbocycles. The van der Waals surface area contributed by atoms with Crippen LogP contribution in [0.3, 0.4) is 0 Å². The minimum Gasteiger partial charge on any atom is -0.469 e. The Morgan fingerprint density at radius 2 is 1.77 bits per heavy atom. The van der Waals surface area contributed by atoms with Gasteiger partial charge in [0, 0.05) is 11.8 Å². The van der Waals surface area contributed by atoms with E-state index in [1.807, 2.05) is 30.3 Å². The largest absolute Gasteiger partial charge is 0.469 e. The van der Waals surface area contributed by atoms with E-state index in [4.69, 9.17) is 4.74 Å². The van der Waals surface area contributed by atoms with Gasteiger partial charge in [-0.15, -0.1) is 5.10 Å². The molecule has 4 nitrogen and oxygen atoms in total. The highest BCUT2D eigenvalue weighted by molar-refractivity contribution is 5.33. The highest BCUT2D eigenvalue weighted by Gasteiger charge is 2.30. The Kier molecular flexibility index (Phi) is 4.79. The van der Waals surface area contributed by atoms with Crippen LogP contribution in [-0.2, 0) is 12.8 Å². The smallest absolute Gasteiger partial charge is 0.416 e. The van der Waals surface area contributed by atoms with Crippen LogP contribution in [0.15, 0.2) is 65.5 Å². The van der Waals surface area contributed by atoms with Gasteiger partial charge in [0.15, 0.2) is 0 Å². The maximum Gasteiger partial charge on any atom is 0.416 e. The van der Waals surface area contributed by atoms with Crippen LogP contribution in [0, 0.1) is 6.92 Å². The number of ether oxygens (including phenoxy) is 1. The van der Waals surface area contributed by atoms with Crippen molar-refractivity contribution in [2.45, 2.75) is 19.7 Å². The van der Waals surface area contributed by atoms with E-state index in [1.165, 1.54) is 18.2 Å². The molecule has 0 aliphatic heterocycles. The Hall–Kier alpha value is -3.09. The summed E-state index contributed by atoms with van der Waals surface area (Å²) in [5.74, 6) is -0.170. The number of hydrogen-bond acceptors (Lipinski definition) is 3. The quantitative estimate of drug-likeness (QED) is 0.702. The Bertz CT molecular complexity index is 967. The van der Waals surface area contributed by atoms with Crippen LogP contribution in [-0.4, -0.2) is 9.78 Å². The van der Waals surface area contributed by atoms with Gasteiger partial charge in [0.25, 0.3) is 5.88 Å². The Morgan fingerprint density at radius 3 is 2.46 bits per heavy atom. The minimum atomic E-state index is -4.43. The average Bonchev–Trinajstić information content (AvgIpc) is 2.61. The normalized spacial score (nSPS) is 11.4. The van der Waals surface area contributed by atoms with Gasteiger partial charge in [0.1, 0.15) is 6.61 Å². The molecule has 3 aromatic rings. The SMILES string of the molecule is Cc1cc(=O)c(OCc2cccc(C(F)(F)F)c2)nn1-c1ccccc1. The first-order valence-electron chi connectivity index (χ1n) is 7.80. The number of hydrogen-bond donors (Lipinski definition) is 0. The van der Waals surface area contributed by atoms with Crippen molar-refractivity contribution in [3.05, 3.63) is 87.7 Å². The third kappa shape index (κ3) is 3.93. The number of benzene rings is 2. The van der Waals surface area contributed by atoms with E-state index < -0.39 is 17.2 Å². The monoisotopic (exact) mass is 360 g/mol. The Balaban J connectivity index is 1.86. The van der Waals surface area contributed by atoms with Crippen molar-refractivity contribution < 1.29 is 17.9 Å². The van der Waals surface area contributed by atoms with E-state index >= 15 is 0 Å². The molecule has 1 aromatic heterocycles. The highest BCUT2D eigenvalue weighted by Crippen LogP contribution is 2.29. The number of nitrogens with zero attached hydrogens (tertiary/aromatic N) is 2. The molecule has 134 valence electrons. The summed E-state index contributed by atoms with van der Waals surface area (Å²) in [7, 11) is 0. The maximum absolute atomic E-state index is 12.8. The Labute approximate surface area is 147 Å². The van der Waals surface area contributed by atoms with Gasteiger partial charge in [-0.05, 0) is 36.8 Å². The number of alkyl halides is 3. The van der Waals surface area contributed by atoms with Crippen molar-refractivity contribution in [1.29, 1.82) is 0 Å². The van der Waals surface area contributed by atoms with E-state index in [0.29, 0.717) is 11.3 Å². The molecule has 0 saturated heterocycles. The molecule has 0 radical (unpaired) electrons. The number of aryl methyl sites for hydroxylation is 1. The zero-order valence-electron chi connectivity index (χ0n) is 13.8. The predicted octanol–water partition coefficient (Wildman–Crippen LogP) is 4.14. The highest BCUT2D eigenvalue weighted by atomic mass is 19.4. The van der Waals surface area contributed by atoms with E-state index in [-0.39, 0.29) is 12.5 Å². The summed E-state index contributed by atoms with van der Waals surface area (Å²) in [4.78, 5) is 12.1. The lowest BCUT2D eigenvalue weighted by atomic mass is 10.1. The molecular formula is C19H15F3N2O2. The molecule has 0 bridgehead atoms. The molecule has 0 unspecified atom stereocenters. The number of aromatic nitrogens is 2. The summed E-state index contributed by atoms with van der Waals surface area (Å²) in [5.41, 5.74) is 0.466. The molecule has 26 heavy (non-hydrogen) atoms. The van der Waals surface area contributed by atoms with Crippen LogP contribution in [0.5, 0.6) is 5.88 Å². The van der Waals surface area contributed by atoms with E-state index in [0.717, 1.165) is 17.8 Å². The van der Waals surface area contributed by atoms with Crippen LogP contribution in [0.4, 0.5) is 13.2 Å². The molecule has 0 aliphatic carbocycles. The first-order chi connectivity index (χ1) is 12.3. The van der Waals surface area contributed by atoms with Crippen molar-refractivity contribution in [1.82, 2.24) is 9.78 Å². The van der Waals surface area contributed by atoms with E-state index in [2.05, 4.69) is 5.10 Å². The molecule has 0 amide bonds. The maximum atomic E-state index is 12.8. The van der Waals surface area contributed by atoms with Crippen LogP contribution < -0.4 is 10.2 Å². The van der Waals surface area contributed by atoms with Crippen LogP contribution >= 0.6 is 0 Å². The minimum absolute atomic E-state index is 0.170. The Morgan fingerprint density at radius 1 is 1.04 bits per heavy atom. The molecule has 1 heterocycles. The van der Waals surface area contributed by atoms with Gasteiger partial charge in [-0.25, -0.2) is 4.68 Å². The van der Waals surface area contributed by atoms with Crippen LogP contribution in [0.25, 0.3) is 5.69 Å². The topological polar surface area (TPSA) is 44.1 Å². The zero-order chi connectivity index (χ0) is 18.7. The summed E-state index contributed by atoms with van der Waals surface area (Å²) < 4.78 is 45.3. The molecule has 3 rings (SSSR count). The van der Waals surface area contributed by atoms with E-state index in [9.17, 15) is 18.0 Å². The lowest BCUT2D eigenvalue weighted by Gasteiger charge is -2.12. The fourth-order valence-corrected chi connectivity index (χ4v) is 2.45. The van der Waals surface area contributed by atoms with Gasteiger partial charge >= 0.3 is 6.18 Å². The fraction of sp³-hybridized carbons (Fsp3) is 0.158. The third-order valence-electron chi connectivity index (χ3n) is 3.71. The first kappa shape index (κ1) is 17.7. The number of halogens is 3. The second-order valence-corrected chi connectivity index (χ2v) is 5.69. The van der Waals surface area contributed by atoms with Gasteiger partial charge in [0.05, 0.1) is 11.3 Å². The summed E-state index contributed by atoms with van der Waals surface area (Å²) in [6.07, 6.45) is -4.43. The van der Waals surface area contributed by atoms with Crippen molar-refractivity contribution in [3.8, 4) is 11.6 Å². The lowest BCUT2D eigenvalue weighted by molar-refractivity contribution is -0.137. The molecule has 0 atom stereocenters. The van der Waals surface area contributed by atoms with Crippen molar-refractivity contribution in [2.75, 3.05) is 0 Å². The predicted molar refractivity (Wildman–Crippen MR) is 90.3 cm³/mol. The van der Waals surface area contributed by atoms with Crippen LogP contribution in [0.2, 0.25) is 0 Å². The third-order valence-corrected chi connectivity index (χ3v) is 3.71. The number of para-hydroxylation sites is 1. The summed E-state index contributed by atoms with van der Waals surface area (Å²) in [5, 5.41) is 4.19. The molecule has 7 heteroatoms. The second-order valence-electron chi connectivity index (χ2n) is 5.69. The lowest BCUT2D eigenvalue weighted by Crippen LogP contribution is -2.17. The number of rotatable bonds is 4. The van der Waals surface area contributed by atoms with Gasteiger partial charge in [-0.1, -0.05) is 30.3 Å². The van der Waals surface area contributed by atoms with Gasteiger partial charge in [-0.3, -0.25) is 4.79 Å². The van der Waals surface area contributed by atoms with Gasteiger partial charge in [0.2, 0.25) is 5.43 Å². The fourth-order valence-electron chi connectivity index (χ4n) is 2.45. The molecular weight excluding hydrogens is 345 g/mol. The second kappa shape index (κ2) is 7.03. The molecule has 0 spiro atoms. The molecule has 0 fully saturated rings.